The first kappa shape index (κ1) is 15.5. The lowest BCUT2D eigenvalue weighted by Gasteiger charge is -2.08. The number of thiazole rings is 1. The molecule has 4 rings (SSSR count). The summed E-state index contributed by atoms with van der Waals surface area (Å²) < 4.78 is 1.78. The van der Waals surface area contributed by atoms with Gasteiger partial charge in [0.15, 0.2) is 5.13 Å². The van der Waals surface area contributed by atoms with Crippen molar-refractivity contribution in [3.8, 4) is 16.1 Å². The molecule has 0 fully saturated rings. The maximum absolute atomic E-state index is 4.48. The van der Waals surface area contributed by atoms with Gasteiger partial charge in [-0.25, -0.2) is 9.67 Å². The zero-order valence-corrected chi connectivity index (χ0v) is 14.5. The number of hydrogen-bond donors (Lipinski definition) is 1. The number of anilines is 1. The zero-order valence-electron chi connectivity index (χ0n) is 13.7. The van der Waals surface area contributed by atoms with Crippen LogP contribution >= 0.6 is 11.3 Å². The van der Waals surface area contributed by atoms with Crippen molar-refractivity contribution in [3.05, 3.63) is 78.8 Å². The van der Waals surface area contributed by atoms with Gasteiger partial charge in [-0.3, -0.25) is 0 Å². The molecule has 2 heterocycles. The molecule has 25 heavy (non-hydrogen) atoms. The van der Waals surface area contributed by atoms with Crippen LogP contribution in [0.5, 0.6) is 0 Å². The lowest BCUT2D eigenvalue weighted by Crippen LogP contribution is -2.06. The van der Waals surface area contributed by atoms with Gasteiger partial charge in [0.05, 0.1) is 22.8 Å². The van der Waals surface area contributed by atoms with Crippen LogP contribution in [0.3, 0.4) is 0 Å². The van der Waals surface area contributed by atoms with Crippen LogP contribution in [0.25, 0.3) is 16.1 Å². The minimum atomic E-state index is 0.0206. The van der Waals surface area contributed by atoms with Crippen LogP contribution in [0, 0.1) is 0 Å². The minimum absolute atomic E-state index is 0.0206. The summed E-state index contributed by atoms with van der Waals surface area (Å²) >= 11 is 1.63. The molecule has 0 radical (unpaired) electrons. The van der Waals surface area contributed by atoms with Crippen molar-refractivity contribution < 1.29 is 0 Å². The number of para-hydroxylation sites is 1. The molecule has 0 aliphatic carbocycles. The molecular formula is C19H17N5S. The normalized spacial score (nSPS) is 12.0. The Morgan fingerprint density at radius 3 is 2.48 bits per heavy atom. The fourth-order valence-electron chi connectivity index (χ4n) is 2.52. The Hall–Kier alpha value is -2.99. The van der Waals surface area contributed by atoms with Gasteiger partial charge < -0.3 is 5.32 Å². The molecule has 1 atom stereocenters. The molecule has 0 aliphatic rings. The third-order valence-corrected chi connectivity index (χ3v) is 4.86. The van der Waals surface area contributed by atoms with E-state index in [0.29, 0.717) is 0 Å². The Morgan fingerprint density at radius 1 is 1.00 bits per heavy atom. The SMILES string of the molecule is CC(Nc1ncc(-c2ccccc2)s1)c1cn(-c2ccccc2)nn1. The van der Waals surface area contributed by atoms with Crippen LogP contribution in [0.4, 0.5) is 5.13 Å². The second kappa shape index (κ2) is 6.86. The number of aromatic nitrogens is 4. The maximum Gasteiger partial charge on any atom is 0.183 e. The van der Waals surface area contributed by atoms with Gasteiger partial charge in [0, 0.05) is 6.20 Å². The average molecular weight is 347 g/mol. The topological polar surface area (TPSA) is 55.6 Å². The van der Waals surface area contributed by atoms with Crippen LogP contribution < -0.4 is 5.32 Å². The largest absolute Gasteiger partial charge is 0.353 e. The molecular weight excluding hydrogens is 330 g/mol. The summed E-state index contributed by atoms with van der Waals surface area (Å²) in [7, 11) is 0. The summed E-state index contributed by atoms with van der Waals surface area (Å²) in [6.45, 7) is 2.06. The molecule has 6 heteroatoms. The van der Waals surface area contributed by atoms with E-state index in [1.54, 1.807) is 16.0 Å². The molecule has 0 amide bonds. The molecule has 2 aromatic heterocycles. The molecule has 1 N–H and O–H groups in total. The van der Waals surface area contributed by atoms with Crippen LogP contribution in [-0.2, 0) is 0 Å². The number of nitrogens with zero attached hydrogens (tertiary/aromatic N) is 4. The average Bonchev–Trinajstić information content (AvgIpc) is 3.33. The fourth-order valence-corrected chi connectivity index (χ4v) is 3.43. The summed E-state index contributed by atoms with van der Waals surface area (Å²) in [5.41, 5.74) is 3.05. The molecule has 0 saturated heterocycles. The highest BCUT2D eigenvalue weighted by molar-refractivity contribution is 7.18. The fraction of sp³-hybridized carbons (Fsp3) is 0.105. The molecule has 0 spiro atoms. The Kier molecular flexibility index (Phi) is 4.26. The first-order valence-electron chi connectivity index (χ1n) is 8.05. The van der Waals surface area contributed by atoms with E-state index in [9.17, 15) is 0 Å². The van der Waals surface area contributed by atoms with Gasteiger partial charge in [-0.15, -0.1) is 5.10 Å². The number of rotatable bonds is 5. The molecule has 124 valence electrons. The molecule has 0 bridgehead atoms. The Labute approximate surface area is 150 Å². The van der Waals surface area contributed by atoms with E-state index < -0.39 is 0 Å². The van der Waals surface area contributed by atoms with E-state index in [2.05, 4.69) is 39.7 Å². The van der Waals surface area contributed by atoms with Gasteiger partial charge in [-0.05, 0) is 24.6 Å². The van der Waals surface area contributed by atoms with Gasteiger partial charge in [0.2, 0.25) is 0 Å². The van der Waals surface area contributed by atoms with Crippen LogP contribution in [0.2, 0.25) is 0 Å². The van der Waals surface area contributed by atoms with Crippen molar-refractivity contribution in [1.82, 2.24) is 20.0 Å². The van der Waals surface area contributed by atoms with Gasteiger partial charge in [-0.1, -0.05) is 65.1 Å². The zero-order chi connectivity index (χ0) is 17.1. The summed E-state index contributed by atoms with van der Waals surface area (Å²) in [6.07, 6.45) is 3.84. The highest BCUT2D eigenvalue weighted by Gasteiger charge is 2.13. The van der Waals surface area contributed by atoms with Crippen molar-refractivity contribution in [1.29, 1.82) is 0 Å². The second-order valence-corrected chi connectivity index (χ2v) is 6.72. The Bertz CT molecular complexity index is 946. The Morgan fingerprint density at radius 2 is 1.72 bits per heavy atom. The van der Waals surface area contributed by atoms with Crippen molar-refractivity contribution in [2.75, 3.05) is 5.32 Å². The molecule has 0 aliphatic heterocycles. The van der Waals surface area contributed by atoms with Crippen molar-refractivity contribution in [2.45, 2.75) is 13.0 Å². The first-order valence-corrected chi connectivity index (χ1v) is 8.87. The number of benzene rings is 2. The van der Waals surface area contributed by atoms with E-state index in [1.165, 1.54) is 5.56 Å². The van der Waals surface area contributed by atoms with Crippen molar-refractivity contribution >= 4 is 16.5 Å². The van der Waals surface area contributed by atoms with E-state index in [0.717, 1.165) is 21.4 Å². The highest BCUT2D eigenvalue weighted by Crippen LogP contribution is 2.30. The lowest BCUT2D eigenvalue weighted by molar-refractivity contribution is 0.781. The van der Waals surface area contributed by atoms with Crippen LogP contribution in [0.1, 0.15) is 18.7 Å². The van der Waals surface area contributed by atoms with Gasteiger partial charge in [0.25, 0.3) is 0 Å². The molecule has 5 nitrogen and oxygen atoms in total. The van der Waals surface area contributed by atoms with E-state index >= 15 is 0 Å². The Balaban J connectivity index is 1.49. The minimum Gasteiger partial charge on any atom is -0.353 e. The molecule has 2 aromatic carbocycles. The highest BCUT2D eigenvalue weighted by atomic mass is 32.1. The summed E-state index contributed by atoms with van der Waals surface area (Å²) in [4.78, 5) is 5.62. The smallest absolute Gasteiger partial charge is 0.183 e. The van der Waals surface area contributed by atoms with Crippen molar-refractivity contribution in [3.63, 3.8) is 0 Å². The predicted octanol–water partition coefficient (Wildman–Crippen LogP) is 4.56. The van der Waals surface area contributed by atoms with E-state index in [4.69, 9.17) is 0 Å². The monoisotopic (exact) mass is 347 g/mol. The standard InChI is InChI=1S/C19H17N5S/c1-14(17-13-24(23-22-17)16-10-6-3-7-11-16)21-19-20-12-18(25-19)15-8-4-2-5-9-15/h2-14H,1H3,(H,20,21). The molecule has 0 saturated carbocycles. The van der Waals surface area contributed by atoms with Crippen LogP contribution in [0.15, 0.2) is 73.1 Å². The van der Waals surface area contributed by atoms with E-state index in [1.807, 2.05) is 60.9 Å². The van der Waals surface area contributed by atoms with Crippen LogP contribution in [-0.4, -0.2) is 20.0 Å². The first-order chi connectivity index (χ1) is 12.3. The number of hydrogen-bond acceptors (Lipinski definition) is 5. The predicted molar refractivity (Wildman–Crippen MR) is 101 cm³/mol. The van der Waals surface area contributed by atoms with Crippen molar-refractivity contribution in [2.24, 2.45) is 0 Å². The molecule has 4 aromatic rings. The van der Waals surface area contributed by atoms with Gasteiger partial charge in [-0.2, -0.15) is 0 Å². The summed E-state index contributed by atoms with van der Waals surface area (Å²) in [6, 6.07) is 20.2. The third kappa shape index (κ3) is 3.44. The maximum atomic E-state index is 4.48. The van der Waals surface area contributed by atoms with Gasteiger partial charge in [0.1, 0.15) is 5.69 Å². The summed E-state index contributed by atoms with van der Waals surface area (Å²) in [5.74, 6) is 0. The second-order valence-electron chi connectivity index (χ2n) is 5.69. The molecule has 1 unspecified atom stereocenters. The number of nitrogens with one attached hydrogen (secondary N) is 1. The lowest BCUT2D eigenvalue weighted by atomic mass is 10.2. The van der Waals surface area contributed by atoms with E-state index in [-0.39, 0.29) is 6.04 Å². The van der Waals surface area contributed by atoms with Gasteiger partial charge >= 0.3 is 0 Å². The third-order valence-electron chi connectivity index (χ3n) is 3.88. The quantitative estimate of drug-likeness (QED) is 0.575. The summed E-state index contributed by atoms with van der Waals surface area (Å²) in [5, 5.41) is 12.8.